The molecule has 4 rings (SSSR count). The van der Waals surface area contributed by atoms with Gasteiger partial charge in [-0.2, -0.15) is 10.4 Å². The van der Waals surface area contributed by atoms with Crippen LogP contribution in [-0.2, 0) is 11.2 Å². The highest BCUT2D eigenvalue weighted by atomic mass is 16.3. The van der Waals surface area contributed by atoms with E-state index in [1.54, 1.807) is 15.6 Å². The summed E-state index contributed by atoms with van der Waals surface area (Å²) in [5.74, 6) is -0.132. The van der Waals surface area contributed by atoms with E-state index in [4.69, 9.17) is 5.73 Å². The van der Waals surface area contributed by atoms with Gasteiger partial charge in [0.25, 0.3) is 0 Å². The Morgan fingerprint density at radius 1 is 1.25 bits per heavy atom. The minimum Gasteiger partial charge on any atom is -0.507 e. The number of nitrogen functional groups attached to an aromatic ring is 1. The van der Waals surface area contributed by atoms with Gasteiger partial charge in [0, 0.05) is 18.7 Å². The number of anilines is 2. The van der Waals surface area contributed by atoms with Gasteiger partial charge in [0.15, 0.2) is 5.82 Å². The van der Waals surface area contributed by atoms with Gasteiger partial charge in [-0.05, 0) is 36.4 Å². The number of aromatic hydroxyl groups is 1. The zero-order valence-corrected chi connectivity index (χ0v) is 17.0. The standard InChI is InChI=1S/C23H19N7O2/c1-2-20(32)29(16-6-4-3-5-7-16)11-10-18-21-22(23(25)27-14-26-21)30(28-18)17-8-9-19(31)15(12-17)13-24/h2-9,12,14,31H,1,10-11H2,(H2,25,26,27). The molecule has 158 valence electrons. The minimum absolute atomic E-state index is 0.106. The van der Waals surface area contributed by atoms with Crippen molar-refractivity contribution >= 4 is 28.4 Å². The van der Waals surface area contributed by atoms with E-state index < -0.39 is 0 Å². The number of nitrogens with two attached hydrogens (primary N) is 1. The van der Waals surface area contributed by atoms with E-state index >= 15 is 0 Å². The van der Waals surface area contributed by atoms with Gasteiger partial charge in [-0.3, -0.25) is 4.79 Å². The number of fused-ring (bicyclic) bond motifs is 1. The summed E-state index contributed by atoms with van der Waals surface area (Å²) in [5.41, 5.74) is 9.14. The van der Waals surface area contributed by atoms with Gasteiger partial charge in [-0.25, -0.2) is 14.6 Å². The highest BCUT2D eigenvalue weighted by Crippen LogP contribution is 2.27. The van der Waals surface area contributed by atoms with Crippen LogP contribution in [0.3, 0.4) is 0 Å². The third-order valence-corrected chi connectivity index (χ3v) is 4.98. The van der Waals surface area contributed by atoms with E-state index in [9.17, 15) is 15.2 Å². The Morgan fingerprint density at radius 2 is 2.03 bits per heavy atom. The Bertz CT molecular complexity index is 1360. The molecule has 0 aliphatic heterocycles. The molecular weight excluding hydrogens is 406 g/mol. The number of benzene rings is 2. The first-order chi connectivity index (χ1) is 15.5. The van der Waals surface area contributed by atoms with Crippen LogP contribution in [0, 0.1) is 11.3 Å². The molecule has 9 heteroatoms. The summed E-state index contributed by atoms with van der Waals surface area (Å²) in [6.07, 6.45) is 3.01. The molecule has 2 aromatic heterocycles. The SMILES string of the molecule is C=CC(=O)N(CCc1nn(-c2ccc(O)c(C#N)c2)c2c(N)ncnc12)c1ccccc1. The fourth-order valence-corrected chi connectivity index (χ4v) is 3.43. The van der Waals surface area contributed by atoms with Gasteiger partial charge in [0.1, 0.15) is 29.2 Å². The zero-order valence-electron chi connectivity index (χ0n) is 17.0. The average molecular weight is 425 g/mol. The number of nitrogens with zero attached hydrogens (tertiary/aromatic N) is 6. The quantitative estimate of drug-likeness (QED) is 0.454. The highest BCUT2D eigenvalue weighted by molar-refractivity contribution is 6.01. The van der Waals surface area contributed by atoms with Crippen LogP contribution in [0.25, 0.3) is 16.7 Å². The van der Waals surface area contributed by atoms with Crippen LogP contribution in [-0.4, -0.2) is 37.3 Å². The summed E-state index contributed by atoms with van der Waals surface area (Å²) < 4.78 is 1.54. The average Bonchev–Trinajstić information content (AvgIpc) is 3.20. The molecule has 0 atom stereocenters. The van der Waals surface area contributed by atoms with E-state index in [1.165, 1.54) is 24.5 Å². The van der Waals surface area contributed by atoms with Crippen molar-refractivity contribution in [3.8, 4) is 17.5 Å². The molecule has 4 aromatic rings. The van der Waals surface area contributed by atoms with Gasteiger partial charge in [0.05, 0.1) is 16.9 Å². The molecule has 9 nitrogen and oxygen atoms in total. The molecule has 0 aliphatic carbocycles. The first-order valence-corrected chi connectivity index (χ1v) is 9.74. The van der Waals surface area contributed by atoms with Crippen molar-refractivity contribution in [3.63, 3.8) is 0 Å². The smallest absolute Gasteiger partial charge is 0.250 e. The predicted octanol–water partition coefficient (Wildman–Crippen LogP) is 2.74. The van der Waals surface area contributed by atoms with Crippen LogP contribution in [0.4, 0.5) is 11.5 Å². The van der Waals surface area contributed by atoms with E-state index in [-0.39, 0.29) is 23.0 Å². The van der Waals surface area contributed by atoms with Crippen LogP contribution in [0.5, 0.6) is 5.75 Å². The molecular formula is C23H19N7O2. The number of para-hydroxylation sites is 1. The van der Waals surface area contributed by atoms with Crippen molar-refractivity contribution in [3.05, 3.63) is 78.8 Å². The Kier molecular flexibility index (Phi) is 5.51. The molecule has 2 aromatic carbocycles. The van der Waals surface area contributed by atoms with Crippen molar-refractivity contribution in [2.45, 2.75) is 6.42 Å². The number of phenols is 1. The maximum atomic E-state index is 12.5. The predicted molar refractivity (Wildman–Crippen MR) is 120 cm³/mol. The number of phenolic OH excluding ortho intramolecular Hbond substituents is 1. The Morgan fingerprint density at radius 3 is 2.75 bits per heavy atom. The van der Waals surface area contributed by atoms with Crippen molar-refractivity contribution in [2.24, 2.45) is 0 Å². The molecule has 2 heterocycles. The van der Waals surface area contributed by atoms with Crippen LogP contribution in [0.1, 0.15) is 11.3 Å². The number of carbonyl (C=O) groups is 1. The van der Waals surface area contributed by atoms with Crippen molar-refractivity contribution in [1.82, 2.24) is 19.7 Å². The van der Waals surface area contributed by atoms with Crippen LogP contribution in [0.15, 0.2) is 67.5 Å². The topological polar surface area (TPSA) is 134 Å². The van der Waals surface area contributed by atoms with Gasteiger partial charge in [0.2, 0.25) is 5.91 Å². The first kappa shape index (κ1) is 20.6. The molecule has 0 saturated carbocycles. The fourth-order valence-electron chi connectivity index (χ4n) is 3.43. The van der Waals surface area contributed by atoms with Crippen molar-refractivity contribution in [2.75, 3.05) is 17.2 Å². The second-order valence-corrected chi connectivity index (χ2v) is 6.91. The van der Waals surface area contributed by atoms with E-state index in [2.05, 4.69) is 21.6 Å². The van der Waals surface area contributed by atoms with Gasteiger partial charge < -0.3 is 15.7 Å². The number of nitriles is 1. The fraction of sp³-hybridized carbons (Fsp3) is 0.0870. The summed E-state index contributed by atoms with van der Waals surface area (Å²) in [6, 6.07) is 15.8. The lowest BCUT2D eigenvalue weighted by Gasteiger charge is -2.20. The summed E-state index contributed by atoms with van der Waals surface area (Å²) >= 11 is 0. The van der Waals surface area contributed by atoms with E-state index in [1.807, 2.05) is 36.4 Å². The lowest BCUT2D eigenvalue weighted by atomic mass is 10.2. The second kappa shape index (κ2) is 8.57. The summed E-state index contributed by atoms with van der Waals surface area (Å²) in [6.45, 7) is 3.93. The van der Waals surface area contributed by atoms with Crippen LogP contribution < -0.4 is 10.6 Å². The van der Waals surface area contributed by atoms with Crippen LogP contribution in [0.2, 0.25) is 0 Å². The highest BCUT2D eigenvalue weighted by Gasteiger charge is 2.20. The summed E-state index contributed by atoms with van der Waals surface area (Å²) in [4.78, 5) is 22.5. The molecule has 0 radical (unpaired) electrons. The molecule has 32 heavy (non-hydrogen) atoms. The largest absolute Gasteiger partial charge is 0.507 e. The lowest BCUT2D eigenvalue weighted by Crippen LogP contribution is -2.31. The first-order valence-electron chi connectivity index (χ1n) is 9.74. The normalized spacial score (nSPS) is 10.6. The minimum atomic E-state index is -0.230. The van der Waals surface area contributed by atoms with Crippen molar-refractivity contribution < 1.29 is 9.90 Å². The number of hydrogen-bond donors (Lipinski definition) is 2. The van der Waals surface area contributed by atoms with Gasteiger partial charge in [-0.15, -0.1) is 0 Å². The molecule has 0 bridgehead atoms. The summed E-state index contributed by atoms with van der Waals surface area (Å²) in [5, 5.41) is 23.7. The number of amides is 1. The van der Waals surface area contributed by atoms with Gasteiger partial charge >= 0.3 is 0 Å². The number of carbonyl (C=O) groups excluding carboxylic acids is 1. The third kappa shape index (κ3) is 3.73. The maximum Gasteiger partial charge on any atom is 0.250 e. The molecule has 1 amide bonds. The van der Waals surface area contributed by atoms with E-state index in [0.717, 1.165) is 5.69 Å². The van der Waals surface area contributed by atoms with Gasteiger partial charge in [-0.1, -0.05) is 24.8 Å². The van der Waals surface area contributed by atoms with Crippen molar-refractivity contribution in [1.29, 1.82) is 5.26 Å². The molecule has 0 unspecified atom stereocenters. The van der Waals surface area contributed by atoms with E-state index in [0.29, 0.717) is 35.4 Å². The second-order valence-electron chi connectivity index (χ2n) is 6.91. The zero-order chi connectivity index (χ0) is 22.7. The Labute approximate surface area is 183 Å². The maximum absolute atomic E-state index is 12.5. The lowest BCUT2D eigenvalue weighted by molar-refractivity contribution is -0.114. The third-order valence-electron chi connectivity index (χ3n) is 4.98. The Hall–Kier alpha value is -4.71. The monoisotopic (exact) mass is 425 g/mol. The number of aromatic nitrogens is 4. The van der Waals surface area contributed by atoms with Crippen LogP contribution >= 0.6 is 0 Å². The molecule has 0 aliphatic rings. The Balaban J connectivity index is 1.76. The molecule has 3 N–H and O–H groups in total. The molecule has 0 spiro atoms. The number of rotatable bonds is 6. The molecule has 0 saturated heterocycles. The summed E-state index contributed by atoms with van der Waals surface area (Å²) in [7, 11) is 0. The molecule has 0 fully saturated rings. The number of hydrogen-bond acceptors (Lipinski definition) is 7.